The van der Waals surface area contributed by atoms with Gasteiger partial charge < -0.3 is 4.74 Å². The van der Waals surface area contributed by atoms with Crippen molar-refractivity contribution in [2.75, 3.05) is 6.61 Å². The Hall–Kier alpha value is -0.370. The van der Waals surface area contributed by atoms with Crippen molar-refractivity contribution in [3.63, 3.8) is 0 Å². The third kappa shape index (κ3) is 2.99. The van der Waals surface area contributed by atoms with Gasteiger partial charge in [0.25, 0.3) is 0 Å². The summed E-state index contributed by atoms with van der Waals surface area (Å²) in [5.41, 5.74) is 0.537. The molecular weight excluding hydrogens is 320 g/mol. The molecular formula is C24H40O2. The van der Waals surface area contributed by atoms with E-state index in [2.05, 4.69) is 27.7 Å². The number of ketones is 1. The molecule has 0 aromatic heterocycles. The van der Waals surface area contributed by atoms with E-state index in [1.165, 1.54) is 51.4 Å². The number of carbonyl (C=O) groups excluding carboxylic acids is 1. The van der Waals surface area contributed by atoms with Crippen molar-refractivity contribution in [3.05, 3.63) is 0 Å². The molecule has 148 valence electrons. The molecule has 0 spiro atoms. The maximum absolute atomic E-state index is 12.5. The summed E-state index contributed by atoms with van der Waals surface area (Å²) in [6.45, 7) is 10.4. The van der Waals surface area contributed by atoms with Gasteiger partial charge in [-0.1, -0.05) is 27.7 Å². The third-order valence-corrected chi connectivity index (χ3v) is 9.38. The van der Waals surface area contributed by atoms with Gasteiger partial charge in [-0.2, -0.15) is 0 Å². The van der Waals surface area contributed by atoms with Crippen LogP contribution in [0.4, 0.5) is 0 Å². The number of hydrogen-bond acceptors (Lipinski definition) is 2. The van der Waals surface area contributed by atoms with Crippen LogP contribution in [-0.4, -0.2) is 18.5 Å². The maximum atomic E-state index is 12.5. The van der Waals surface area contributed by atoms with Crippen LogP contribution in [0.5, 0.6) is 0 Å². The van der Waals surface area contributed by atoms with E-state index in [9.17, 15) is 4.79 Å². The van der Waals surface area contributed by atoms with Gasteiger partial charge in [-0.25, -0.2) is 0 Å². The molecule has 0 aromatic carbocycles. The average molecular weight is 361 g/mol. The van der Waals surface area contributed by atoms with Gasteiger partial charge in [0.15, 0.2) is 0 Å². The van der Waals surface area contributed by atoms with E-state index in [1.54, 1.807) is 0 Å². The van der Waals surface area contributed by atoms with Crippen LogP contribution in [0.15, 0.2) is 0 Å². The van der Waals surface area contributed by atoms with E-state index in [0.717, 1.165) is 43.1 Å². The Labute approximate surface area is 160 Å². The maximum Gasteiger partial charge on any atom is 0.139 e. The normalized spacial score (nSPS) is 48.2. The largest absolute Gasteiger partial charge is 0.378 e. The first kappa shape index (κ1) is 19.0. The third-order valence-electron chi connectivity index (χ3n) is 9.38. The van der Waals surface area contributed by atoms with Gasteiger partial charge in [0, 0.05) is 18.4 Å². The number of ether oxygens (including phenoxy) is 1. The van der Waals surface area contributed by atoms with Gasteiger partial charge in [0.1, 0.15) is 5.78 Å². The highest BCUT2D eigenvalue weighted by atomic mass is 16.5. The van der Waals surface area contributed by atoms with Crippen molar-refractivity contribution in [2.24, 2.45) is 40.4 Å². The first-order valence-corrected chi connectivity index (χ1v) is 11.5. The summed E-state index contributed by atoms with van der Waals surface area (Å²) in [5, 5.41) is 0. The fourth-order valence-corrected chi connectivity index (χ4v) is 7.61. The van der Waals surface area contributed by atoms with Crippen LogP contribution in [0.25, 0.3) is 0 Å². The first-order chi connectivity index (χ1) is 12.3. The Morgan fingerprint density at radius 3 is 2.62 bits per heavy atom. The zero-order valence-electron chi connectivity index (χ0n) is 17.6. The van der Waals surface area contributed by atoms with Crippen molar-refractivity contribution in [1.82, 2.24) is 0 Å². The quantitative estimate of drug-likeness (QED) is 0.612. The van der Waals surface area contributed by atoms with Gasteiger partial charge in [-0.15, -0.1) is 0 Å². The van der Waals surface area contributed by atoms with Gasteiger partial charge in [0.2, 0.25) is 0 Å². The molecule has 0 aliphatic heterocycles. The minimum atomic E-state index is 0.0293. The molecule has 26 heavy (non-hydrogen) atoms. The Kier molecular flexibility index (Phi) is 5.04. The van der Waals surface area contributed by atoms with E-state index in [0.29, 0.717) is 23.2 Å². The SMILES string of the molecule is CC(C)CCO[C@H]1CC[C@@]2(C)C(CCC3C2CC[C@]2(C)C(=O)CCC32)C1. The Bertz CT molecular complexity index is 540. The predicted molar refractivity (Wildman–Crippen MR) is 106 cm³/mol. The molecule has 4 aliphatic carbocycles. The molecule has 4 rings (SSSR count). The molecule has 4 saturated carbocycles. The topological polar surface area (TPSA) is 26.3 Å². The van der Waals surface area contributed by atoms with Gasteiger partial charge in [-0.3, -0.25) is 4.79 Å². The predicted octanol–water partition coefficient (Wildman–Crippen LogP) is 6.03. The zero-order chi connectivity index (χ0) is 18.5. The van der Waals surface area contributed by atoms with Crippen LogP contribution < -0.4 is 0 Å². The van der Waals surface area contributed by atoms with Gasteiger partial charge in [-0.05, 0) is 92.8 Å². The number of carbonyl (C=O) groups is 1. The second kappa shape index (κ2) is 6.90. The lowest BCUT2D eigenvalue weighted by molar-refractivity contribution is -0.145. The number of fused-ring (bicyclic) bond motifs is 5. The molecule has 2 nitrogen and oxygen atoms in total. The van der Waals surface area contributed by atoms with E-state index >= 15 is 0 Å². The molecule has 0 heterocycles. The van der Waals surface area contributed by atoms with Gasteiger partial charge >= 0.3 is 0 Å². The summed E-state index contributed by atoms with van der Waals surface area (Å²) in [5.74, 6) is 4.54. The lowest BCUT2D eigenvalue weighted by Crippen LogP contribution is -2.54. The summed E-state index contributed by atoms with van der Waals surface area (Å²) < 4.78 is 6.28. The number of hydrogen-bond donors (Lipinski definition) is 0. The van der Waals surface area contributed by atoms with Crippen molar-refractivity contribution in [3.8, 4) is 0 Å². The molecule has 0 amide bonds. The molecule has 4 aliphatic rings. The highest BCUT2D eigenvalue weighted by Crippen LogP contribution is 2.65. The Morgan fingerprint density at radius 1 is 1.04 bits per heavy atom. The van der Waals surface area contributed by atoms with Crippen molar-refractivity contribution in [2.45, 2.75) is 98.0 Å². The summed E-state index contributed by atoms with van der Waals surface area (Å²) in [4.78, 5) is 12.5. The molecule has 7 atom stereocenters. The summed E-state index contributed by atoms with van der Waals surface area (Å²) in [7, 11) is 0. The van der Waals surface area contributed by atoms with E-state index in [-0.39, 0.29) is 5.41 Å². The molecule has 0 N–H and O–H groups in total. The van der Waals surface area contributed by atoms with Crippen LogP contribution >= 0.6 is 0 Å². The molecule has 0 bridgehead atoms. The second-order valence-corrected chi connectivity index (χ2v) is 11.0. The first-order valence-electron chi connectivity index (χ1n) is 11.5. The zero-order valence-corrected chi connectivity index (χ0v) is 17.6. The van der Waals surface area contributed by atoms with Crippen LogP contribution in [0.1, 0.15) is 91.9 Å². The van der Waals surface area contributed by atoms with Crippen molar-refractivity contribution < 1.29 is 9.53 Å². The molecule has 4 unspecified atom stereocenters. The smallest absolute Gasteiger partial charge is 0.139 e. The molecule has 2 heteroatoms. The Balaban J connectivity index is 1.43. The molecule has 0 saturated heterocycles. The number of Topliss-reactive ketones (excluding diaryl/α,β-unsaturated/α-hetero) is 1. The van der Waals surface area contributed by atoms with E-state index in [4.69, 9.17) is 4.74 Å². The minimum Gasteiger partial charge on any atom is -0.378 e. The minimum absolute atomic E-state index is 0.0293. The highest BCUT2D eigenvalue weighted by molar-refractivity contribution is 5.87. The van der Waals surface area contributed by atoms with Crippen LogP contribution in [0.2, 0.25) is 0 Å². The van der Waals surface area contributed by atoms with Crippen LogP contribution in [0.3, 0.4) is 0 Å². The fraction of sp³-hybridized carbons (Fsp3) is 0.958. The fourth-order valence-electron chi connectivity index (χ4n) is 7.61. The van der Waals surface area contributed by atoms with Crippen molar-refractivity contribution in [1.29, 1.82) is 0 Å². The van der Waals surface area contributed by atoms with Crippen LogP contribution in [0, 0.1) is 40.4 Å². The van der Waals surface area contributed by atoms with Gasteiger partial charge in [0.05, 0.1) is 6.10 Å². The van der Waals surface area contributed by atoms with E-state index in [1.807, 2.05) is 0 Å². The molecule has 4 fully saturated rings. The summed E-state index contributed by atoms with van der Waals surface area (Å²) >= 11 is 0. The lowest BCUT2D eigenvalue weighted by atomic mass is 9.45. The molecule has 0 radical (unpaired) electrons. The van der Waals surface area contributed by atoms with Crippen LogP contribution in [-0.2, 0) is 9.53 Å². The lowest BCUT2D eigenvalue weighted by Gasteiger charge is -2.60. The second-order valence-electron chi connectivity index (χ2n) is 11.0. The monoisotopic (exact) mass is 360 g/mol. The highest BCUT2D eigenvalue weighted by Gasteiger charge is 2.60. The molecule has 0 aromatic rings. The Morgan fingerprint density at radius 2 is 1.85 bits per heavy atom. The standard InChI is InChI=1S/C24H40O2/c1-16(2)11-14-26-18-9-12-23(3)17(15-18)5-6-19-20-7-8-22(25)24(20,4)13-10-21(19)23/h16-21H,5-15H2,1-4H3/t17?,18-,19?,20?,21?,23-,24-/m0/s1. The summed E-state index contributed by atoms with van der Waals surface area (Å²) in [6, 6.07) is 0. The average Bonchev–Trinajstić information content (AvgIpc) is 2.90. The number of rotatable bonds is 4. The summed E-state index contributed by atoms with van der Waals surface area (Å²) in [6.07, 6.45) is 12.8. The van der Waals surface area contributed by atoms with Crippen molar-refractivity contribution >= 4 is 5.78 Å². The van der Waals surface area contributed by atoms with E-state index < -0.39 is 0 Å².